The van der Waals surface area contributed by atoms with Crippen molar-refractivity contribution in [2.45, 2.75) is 45.4 Å². The van der Waals surface area contributed by atoms with E-state index in [-0.39, 0.29) is 0 Å². The zero-order valence-corrected chi connectivity index (χ0v) is 9.68. The van der Waals surface area contributed by atoms with Crippen LogP contribution < -0.4 is 0 Å². The molecule has 0 atom stereocenters. The SMILES string of the molecule is C=CC1=C/C(=C2/C=C(C)CCC2)CCC1. The summed E-state index contributed by atoms with van der Waals surface area (Å²) >= 11 is 0. The molecule has 0 fully saturated rings. The molecule has 80 valence electrons. The molecule has 0 heteroatoms. The van der Waals surface area contributed by atoms with E-state index in [9.17, 15) is 0 Å². The molecule has 0 radical (unpaired) electrons. The molecule has 0 heterocycles. The molecule has 2 aliphatic carbocycles. The predicted molar refractivity (Wildman–Crippen MR) is 66.8 cm³/mol. The smallest absolute Gasteiger partial charge is 0.0273 e. The first-order chi connectivity index (χ1) is 7.29. The van der Waals surface area contributed by atoms with Crippen molar-refractivity contribution in [2.75, 3.05) is 0 Å². The van der Waals surface area contributed by atoms with Crippen LogP contribution in [0.3, 0.4) is 0 Å². The summed E-state index contributed by atoms with van der Waals surface area (Å²) in [5, 5.41) is 0. The first-order valence-electron chi connectivity index (χ1n) is 6.02. The molecule has 2 rings (SSSR count). The first-order valence-corrected chi connectivity index (χ1v) is 6.02. The minimum atomic E-state index is 1.21. The molecule has 0 amide bonds. The second-order valence-electron chi connectivity index (χ2n) is 4.67. The van der Waals surface area contributed by atoms with Crippen molar-refractivity contribution in [3.05, 3.63) is 47.1 Å². The lowest BCUT2D eigenvalue weighted by Crippen LogP contribution is -2.00. The molecule has 0 spiro atoms. The summed E-state index contributed by atoms with van der Waals surface area (Å²) in [5.41, 5.74) is 6.11. The fourth-order valence-electron chi connectivity index (χ4n) is 2.52. The van der Waals surface area contributed by atoms with Gasteiger partial charge >= 0.3 is 0 Å². The molecule has 0 aromatic carbocycles. The summed E-state index contributed by atoms with van der Waals surface area (Å²) in [6, 6.07) is 0. The van der Waals surface area contributed by atoms with E-state index in [0.29, 0.717) is 0 Å². The van der Waals surface area contributed by atoms with Gasteiger partial charge in [0.05, 0.1) is 0 Å². The molecule has 0 bridgehead atoms. The third-order valence-electron chi connectivity index (χ3n) is 3.38. The van der Waals surface area contributed by atoms with E-state index >= 15 is 0 Å². The van der Waals surface area contributed by atoms with Crippen LogP contribution >= 0.6 is 0 Å². The Morgan fingerprint density at radius 1 is 1.00 bits per heavy atom. The van der Waals surface area contributed by atoms with Crippen LogP contribution in [-0.2, 0) is 0 Å². The standard InChI is InChI=1S/C15H20/c1-3-13-7-5-9-15(11-13)14-8-4-6-12(2)10-14/h3,10-11H,1,4-9H2,2H3/b15-14+. The third-order valence-corrected chi connectivity index (χ3v) is 3.38. The van der Waals surface area contributed by atoms with Gasteiger partial charge in [0.1, 0.15) is 0 Å². The topological polar surface area (TPSA) is 0 Å². The summed E-state index contributed by atoms with van der Waals surface area (Å²) in [7, 11) is 0. The second-order valence-corrected chi connectivity index (χ2v) is 4.67. The van der Waals surface area contributed by atoms with Crippen LogP contribution in [0, 0.1) is 0 Å². The van der Waals surface area contributed by atoms with Gasteiger partial charge in [0.15, 0.2) is 0 Å². The van der Waals surface area contributed by atoms with Gasteiger partial charge in [-0.2, -0.15) is 0 Å². The van der Waals surface area contributed by atoms with Crippen LogP contribution in [0.2, 0.25) is 0 Å². The highest BCUT2D eigenvalue weighted by atomic mass is 14.2. The van der Waals surface area contributed by atoms with Crippen LogP contribution in [0.5, 0.6) is 0 Å². The lowest BCUT2D eigenvalue weighted by atomic mass is 9.86. The summed E-state index contributed by atoms with van der Waals surface area (Å²) < 4.78 is 0. The van der Waals surface area contributed by atoms with Crippen LogP contribution in [-0.4, -0.2) is 0 Å². The van der Waals surface area contributed by atoms with Crippen molar-refractivity contribution >= 4 is 0 Å². The molecule has 0 aromatic rings. The molecule has 0 saturated carbocycles. The van der Waals surface area contributed by atoms with Gasteiger partial charge in [-0.25, -0.2) is 0 Å². The minimum absolute atomic E-state index is 1.21. The maximum atomic E-state index is 3.87. The lowest BCUT2D eigenvalue weighted by molar-refractivity contribution is 0.747. The maximum absolute atomic E-state index is 3.87. The molecule has 15 heavy (non-hydrogen) atoms. The number of allylic oxidation sites excluding steroid dienone is 7. The highest BCUT2D eigenvalue weighted by Gasteiger charge is 2.11. The zero-order chi connectivity index (χ0) is 10.7. The van der Waals surface area contributed by atoms with E-state index < -0.39 is 0 Å². The summed E-state index contributed by atoms with van der Waals surface area (Å²) in [6.45, 7) is 6.12. The Morgan fingerprint density at radius 2 is 1.67 bits per heavy atom. The molecule has 0 saturated heterocycles. The molecule has 0 N–H and O–H groups in total. The van der Waals surface area contributed by atoms with Crippen LogP contribution in [0.25, 0.3) is 0 Å². The van der Waals surface area contributed by atoms with Crippen molar-refractivity contribution in [3.8, 4) is 0 Å². The molecule has 0 nitrogen and oxygen atoms in total. The third kappa shape index (κ3) is 2.50. The molecular formula is C15H20. The quantitative estimate of drug-likeness (QED) is 0.575. The Kier molecular flexibility index (Phi) is 3.25. The van der Waals surface area contributed by atoms with Gasteiger partial charge in [-0.3, -0.25) is 0 Å². The van der Waals surface area contributed by atoms with Crippen molar-refractivity contribution in [1.29, 1.82) is 0 Å². The lowest BCUT2D eigenvalue weighted by Gasteiger charge is -2.19. The van der Waals surface area contributed by atoms with Gasteiger partial charge < -0.3 is 0 Å². The van der Waals surface area contributed by atoms with Gasteiger partial charge in [0.2, 0.25) is 0 Å². The molecule has 0 unspecified atom stereocenters. The van der Waals surface area contributed by atoms with Gasteiger partial charge in [0.25, 0.3) is 0 Å². The van der Waals surface area contributed by atoms with Gasteiger partial charge in [-0.05, 0) is 62.2 Å². The van der Waals surface area contributed by atoms with Crippen molar-refractivity contribution in [3.63, 3.8) is 0 Å². The van der Waals surface area contributed by atoms with E-state index in [1.165, 1.54) is 44.1 Å². The van der Waals surface area contributed by atoms with E-state index in [2.05, 4.69) is 25.7 Å². The summed E-state index contributed by atoms with van der Waals surface area (Å²) in [6.07, 6.45) is 14.4. The Bertz CT molecular complexity index is 350. The summed E-state index contributed by atoms with van der Waals surface area (Å²) in [4.78, 5) is 0. The van der Waals surface area contributed by atoms with E-state index in [4.69, 9.17) is 0 Å². The molecule has 0 aliphatic heterocycles. The number of hydrogen-bond donors (Lipinski definition) is 0. The van der Waals surface area contributed by atoms with E-state index in [0.717, 1.165) is 0 Å². The second kappa shape index (κ2) is 4.65. The Labute approximate surface area is 93.1 Å². The van der Waals surface area contributed by atoms with Gasteiger partial charge in [0, 0.05) is 0 Å². The average molecular weight is 200 g/mol. The largest absolute Gasteiger partial charge is 0.0988 e. The number of rotatable bonds is 1. The van der Waals surface area contributed by atoms with Crippen LogP contribution in [0.1, 0.15) is 45.4 Å². The average Bonchev–Trinajstić information content (AvgIpc) is 2.29. The highest BCUT2D eigenvalue weighted by molar-refractivity contribution is 5.41. The maximum Gasteiger partial charge on any atom is -0.0273 e. The van der Waals surface area contributed by atoms with Crippen molar-refractivity contribution in [2.24, 2.45) is 0 Å². The fourth-order valence-corrected chi connectivity index (χ4v) is 2.52. The Hall–Kier alpha value is -1.04. The monoisotopic (exact) mass is 200 g/mol. The van der Waals surface area contributed by atoms with Gasteiger partial charge in [-0.1, -0.05) is 30.4 Å². The summed E-state index contributed by atoms with van der Waals surface area (Å²) in [5.74, 6) is 0. The Morgan fingerprint density at radius 3 is 2.33 bits per heavy atom. The molecule has 0 aromatic heterocycles. The van der Waals surface area contributed by atoms with Crippen molar-refractivity contribution in [1.82, 2.24) is 0 Å². The van der Waals surface area contributed by atoms with Crippen LogP contribution in [0.15, 0.2) is 47.1 Å². The van der Waals surface area contributed by atoms with Gasteiger partial charge in [-0.15, -0.1) is 0 Å². The van der Waals surface area contributed by atoms with Crippen molar-refractivity contribution < 1.29 is 0 Å². The number of hydrogen-bond acceptors (Lipinski definition) is 0. The predicted octanol–water partition coefficient (Wildman–Crippen LogP) is 4.71. The first kappa shape index (κ1) is 10.5. The normalized spacial score (nSPS) is 27.0. The van der Waals surface area contributed by atoms with Crippen LogP contribution in [0.4, 0.5) is 0 Å². The highest BCUT2D eigenvalue weighted by Crippen LogP contribution is 2.31. The van der Waals surface area contributed by atoms with E-state index in [1.54, 1.807) is 16.7 Å². The minimum Gasteiger partial charge on any atom is -0.0988 e. The Balaban J connectivity index is 2.31. The molecule has 2 aliphatic rings. The zero-order valence-electron chi connectivity index (χ0n) is 9.68. The molecular weight excluding hydrogens is 180 g/mol. The van der Waals surface area contributed by atoms with E-state index in [1.807, 2.05) is 6.08 Å². The fraction of sp³-hybridized carbons (Fsp3) is 0.467.